The van der Waals surface area contributed by atoms with Crippen LogP contribution >= 0.6 is 0 Å². The Kier molecular flexibility index (Phi) is 3.08. The minimum atomic E-state index is -0.0885. The number of para-hydroxylation sites is 2. The standard InChI is InChI=1S/C15H20N2O/c1-2-17-14-6-4-3-5-13(14)16-15(17)10-11-7-8-12(18)9-11/h3-6,11-12,18H,2,7-10H2,1H3. The largest absolute Gasteiger partial charge is 0.393 e. The fourth-order valence-corrected chi connectivity index (χ4v) is 3.13. The summed E-state index contributed by atoms with van der Waals surface area (Å²) in [5.41, 5.74) is 2.32. The van der Waals surface area contributed by atoms with Gasteiger partial charge in [-0.1, -0.05) is 12.1 Å². The lowest BCUT2D eigenvalue weighted by Gasteiger charge is -2.10. The number of benzene rings is 1. The second-order valence-corrected chi connectivity index (χ2v) is 5.30. The number of aliphatic hydroxyl groups excluding tert-OH is 1. The lowest BCUT2D eigenvalue weighted by molar-refractivity contribution is 0.177. The molecule has 96 valence electrons. The Morgan fingerprint density at radius 3 is 2.89 bits per heavy atom. The molecule has 0 saturated heterocycles. The van der Waals surface area contributed by atoms with Crippen molar-refractivity contribution in [3.05, 3.63) is 30.1 Å². The van der Waals surface area contributed by atoms with E-state index in [-0.39, 0.29) is 6.10 Å². The third kappa shape index (κ3) is 2.03. The van der Waals surface area contributed by atoms with E-state index < -0.39 is 0 Å². The molecular weight excluding hydrogens is 224 g/mol. The number of nitrogens with zero attached hydrogens (tertiary/aromatic N) is 2. The Hall–Kier alpha value is -1.35. The smallest absolute Gasteiger partial charge is 0.110 e. The lowest BCUT2D eigenvalue weighted by Crippen LogP contribution is -2.09. The SMILES string of the molecule is CCn1c(CC2CCC(O)C2)nc2ccccc21. The van der Waals surface area contributed by atoms with Crippen molar-refractivity contribution < 1.29 is 5.11 Å². The minimum Gasteiger partial charge on any atom is -0.393 e. The van der Waals surface area contributed by atoms with Crippen molar-refractivity contribution in [3.8, 4) is 0 Å². The van der Waals surface area contributed by atoms with Crippen LogP contribution in [0.25, 0.3) is 11.0 Å². The number of rotatable bonds is 3. The summed E-state index contributed by atoms with van der Waals surface area (Å²) in [5, 5.41) is 9.62. The van der Waals surface area contributed by atoms with Gasteiger partial charge in [0.15, 0.2) is 0 Å². The van der Waals surface area contributed by atoms with Crippen LogP contribution in [0.5, 0.6) is 0 Å². The van der Waals surface area contributed by atoms with Crippen molar-refractivity contribution in [1.29, 1.82) is 0 Å². The van der Waals surface area contributed by atoms with Gasteiger partial charge in [0.2, 0.25) is 0 Å². The maximum Gasteiger partial charge on any atom is 0.110 e. The third-order valence-corrected chi connectivity index (χ3v) is 4.03. The van der Waals surface area contributed by atoms with Crippen LogP contribution in [-0.4, -0.2) is 20.8 Å². The summed E-state index contributed by atoms with van der Waals surface area (Å²) >= 11 is 0. The summed E-state index contributed by atoms with van der Waals surface area (Å²) in [6.07, 6.45) is 3.94. The molecule has 1 aromatic carbocycles. The third-order valence-electron chi connectivity index (χ3n) is 4.03. The number of imidazole rings is 1. The van der Waals surface area contributed by atoms with Gasteiger partial charge >= 0.3 is 0 Å². The van der Waals surface area contributed by atoms with Crippen molar-refractivity contribution >= 4 is 11.0 Å². The molecule has 3 rings (SSSR count). The van der Waals surface area contributed by atoms with Gasteiger partial charge in [-0.2, -0.15) is 0 Å². The molecule has 3 heteroatoms. The number of aliphatic hydroxyl groups is 1. The van der Waals surface area contributed by atoms with Crippen LogP contribution in [0.3, 0.4) is 0 Å². The van der Waals surface area contributed by atoms with Crippen LogP contribution in [0.15, 0.2) is 24.3 Å². The van der Waals surface area contributed by atoms with E-state index in [4.69, 9.17) is 4.98 Å². The van der Waals surface area contributed by atoms with Gasteiger partial charge in [0.25, 0.3) is 0 Å². The highest BCUT2D eigenvalue weighted by Gasteiger charge is 2.24. The molecule has 1 fully saturated rings. The molecule has 2 aromatic rings. The van der Waals surface area contributed by atoms with Crippen LogP contribution in [0.4, 0.5) is 0 Å². The van der Waals surface area contributed by atoms with Gasteiger partial charge in [-0.15, -0.1) is 0 Å². The van der Waals surface area contributed by atoms with Gasteiger partial charge in [0, 0.05) is 13.0 Å². The number of hydrogen-bond acceptors (Lipinski definition) is 2. The van der Waals surface area contributed by atoms with Gasteiger partial charge in [0.1, 0.15) is 5.82 Å². The highest BCUT2D eigenvalue weighted by Crippen LogP contribution is 2.29. The molecule has 0 amide bonds. The van der Waals surface area contributed by atoms with Crippen molar-refractivity contribution in [2.75, 3.05) is 0 Å². The van der Waals surface area contributed by atoms with E-state index in [2.05, 4.69) is 29.7 Å². The molecule has 0 radical (unpaired) electrons. The van der Waals surface area contributed by atoms with Crippen LogP contribution in [0.1, 0.15) is 32.0 Å². The molecule has 1 saturated carbocycles. The van der Waals surface area contributed by atoms with Gasteiger partial charge in [-0.25, -0.2) is 4.98 Å². The number of aromatic nitrogens is 2. The van der Waals surface area contributed by atoms with E-state index >= 15 is 0 Å². The highest BCUT2D eigenvalue weighted by atomic mass is 16.3. The van der Waals surface area contributed by atoms with Crippen LogP contribution < -0.4 is 0 Å². The Morgan fingerprint density at radius 1 is 1.33 bits per heavy atom. The number of fused-ring (bicyclic) bond motifs is 1. The molecule has 1 N–H and O–H groups in total. The van der Waals surface area contributed by atoms with Crippen LogP contribution in [-0.2, 0) is 13.0 Å². The summed E-state index contributed by atoms with van der Waals surface area (Å²) in [6.45, 7) is 3.13. The second kappa shape index (κ2) is 4.73. The van der Waals surface area contributed by atoms with Gasteiger partial charge in [-0.3, -0.25) is 0 Å². The average molecular weight is 244 g/mol. The van der Waals surface area contributed by atoms with E-state index in [1.54, 1.807) is 0 Å². The first-order valence-electron chi connectivity index (χ1n) is 6.90. The Balaban J connectivity index is 1.91. The van der Waals surface area contributed by atoms with Crippen molar-refractivity contribution in [2.45, 2.75) is 45.3 Å². The summed E-state index contributed by atoms with van der Waals surface area (Å²) in [7, 11) is 0. The Labute approximate surface area is 107 Å². The molecule has 1 aliphatic carbocycles. The molecule has 18 heavy (non-hydrogen) atoms. The van der Waals surface area contributed by atoms with E-state index in [0.29, 0.717) is 5.92 Å². The first-order chi connectivity index (χ1) is 8.78. The average Bonchev–Trinajstić information content (AvgIpc) is 2.92. The highest BCUT2D eigenvalue weighted by molar-refractivity contribution is 5.75. The minimum absolute atomic E-state index is 0.0885. The molecule has 2 atom stereocenters. The van der Waals surface area contributed by atoms with Crippen molar-refractivity contribution in [1.82, 2.24) is 9.55 Å². The number of aryl methyl sites for hydroxylation is 1. The van der Waals surface area contributed by atoms with Crippen LogP contribution in [0.2, 0.25) is 0 Å². The summed E-state index contributed by atoms with van der Waals surface area (Å²) < 4.78 is 2.31. The zero-order valence-corrected chi connectivity index (χ0v) is 10.8. The predicted octanol–water partition coefficient (Wildman–Crippen LogP) is 2.76. The van der Waals surface area contributed by atoms with Gasteiger partial charge < -0.3 is 9.67 Å². The first kappa shape index (κ1) is 11.7. The van der Waals surface area contributed by atoms with Crippen LogP contribution in [0, 0.1) is 5.92 Å². The summed E-state index contributed by atoms with van der Waals surface area (Å²) in [6, 6.07) is 8.32. The molecule has 1 aromatic heterocycles. The van der Waals surface area contributed by atoms with E-state index in [0.717, 1.165) is 37.7 Å². The molecule has 0 aliphatic heterocycles. The van der Waals surface area contributed by atoms with Gasteiger partial charge in [0.05, 0.1) is 17.1 Å². The molecule has 2 unspecified atom stereocenters. The molecular formula is C15H20N2O. The summed E-state index contributed by atoms with van der Waals surface area (Å²) in [4.78, 5) is 4.75. The second-order valence-electron chi connectivity index (χ2n) is 5.30. The fraction of sp³-hybridized carbons (Fsp3) is 0.533. The maximum absolute atomic E-state index is 9.62. The molecule has 1 heterocycles. The zero-order chi connectivity index (χ0) is 12.5. The molecule has 1 aliphatic rings. The van der Waals surface area contributed by atoms with E-state index in [1.807, 2.05) is 6.07 Å². The predicted molar refractivity (Wildman–Crippen MR) is 72.5 cm³/mol. The number of hydrogen-bond donors (Lipinski definition) is 1. The summed E-state index contributed by atoms with van der Waals surface area (Å²) in [5.74, 6) is 1.78. The maximum atomic E-state index is 9.62. The Morgan fingerprint density at radius 2 is 2.17 bits per heavy atom. The normalized spacial score (nSPS) is 23.9. The van der Waals surface area contributed by atoms with E-state index in [9.17, 15) is 5.11 Å². The quantitative estimate of drug-likeness (QED) is 0.901. The first-order valence-corrected chi connectivity index (χ1v) is 6.90. The fourth-order valence-electron chi connectivity index (χ4n) is 3.13. The molecule has 0 bridgehead atoms. The lowest BCUT2D eigenvalue weighted by atomic mass is 10.0. The zero-order valence-electron chi connectivity index (χ0n) is 10.8. The van der Waals surface area contributed by atoms with Crippen molar-refractivity contribution in [3.63, 3.8) is 0 Å². The molecule has 3 nitrogen and oxygen atoms in total. The van der Waals surface area contributed by atoms with E-state index in [1.165, 1.54) is 11.3 Å². The molecule has 0 spiro atoms. The Bertz CT molecular complexity index is 546. The van der Waals surface area contributed by atoms with Gasteiger partial charge in [-0.05, 0) is 44.2 Å². The monoisotopic (exact) mass is 244 g/mol. The topological polar surface area (TPSA) is 38.0 Å². The van der Waals surface area contributed by atoms with Crippen molar-refractivity contribution in [2.24, 2.45) is 5.92 Å².